The van der Waals surface area contributed by atoms with Crippen LogP contribution in [0.2, 0.25) is 0 Å². The van der Waals surface area contributed by atoms with E-state index in [-0.39, 0.29) is 0 Å². The Morgan fingerprint density at radius 2 is 2.05 bits per heavy atom. The minimum Gasteiger partial charge on any atom is -0.379 e. The average molecular weight is 269 g/mol. The van der Waals surface area contributed by atoms with Gasteiger partial charge in [0, 0.05) is 18.4 Å². The number of nitrogens with one attached hydrogen (secondary N) is 1. The maximum atomic E-state index is 12.5. The molecule has 1 N–H and O–H groups in total. The van der Waals surface area contributed by atoms with Crippen LogP contribution < -0.4 is 5.32 Å². The van der Waals surface area contributed by atoms with Crippen molar-refractivity contribution in [2.75, 3.05) is 5.32 Å². The van der Waals surface area contributed by atoms with Crippen molar-refractivity contribution in [2.24, 2.45) is 0 Å². The second-order valence-corrected chi connectivity index (χ2v) is 4.09. The lowest BCUT2D eigenvalue weighted by atomic mass is 10.2. The Balaban J connectivity index is 2.03. The van der Waals surface area contributed by atoms with E-state index < -0.39 is 11.7 Å². The van der Waals surface area contributed by atoms with Gasteiger partial charge in [-0.05, 0) is 31.2 Å². The fourth-order valence-electron chi connectivity index (χ4n) is 1.67. The Hall–Kier alpha value is -1.98. The number of hydrogen-bond acceptors (Lipinski definition) is 2. The predicted molar refractivity (Wildman–Crippen MR) is 66.7 cm³/mol. The first kappa shape index (κ1) is 13.5. The predicted octanol–water partition coefficient (Wildman–Crippen LogP) is 3.53. The van der Waals surface area contributed by atoms with Crippen LogP contribution in [0.25, 0.3) is 0 Å². The Labute approximate surface area is 109 Å². The topological polar surface area (TPSA) is 29.9 Å². The molecule has 19 heavy (non-hydrogen) atoms. The van der Waals surface area contributed by atoms with Gasteiger partial charge in [0.2, 0.25) is 0 Å². The smallest absolute Gasteiger partial charge is 0.379 e. The summed E-state index contributed by atoms with van der Waals surface area (Å²) in [6.45, 7) is 3.13. The highest BCUT2D eigenvalue weighted by atomic mass is 19.4. The summed E-state index contributed by atoms with van der Waals surface area (Å²) >= 11 is 0. The van der Waals surface area contributed by atoms with Gasteiger partial charge in [-0.3, -0.25) is 4.68 Å². The molecule has 2 aromatic rings. The molecule has 0 atom stereocenters. The van der Waals surface area contributed by atoms with E-state index in [1.165, 1.54) is 6.07 Å². The van der Waals surface area contributed by atoms with Crippen LogP contribution in [0.5, 0.6) is 0 Å². The van der Waals surface area contributed by atoms with Gasteiger partial charge in [-0.1, -0.05) is 6.07 Å². The van der Waals surface area contributed by atoms with E-state index in [0.29, 0.717) is 12.2 Å². The summed E-state index contributed by atoms with van der Waals surface area (Å²) in [4.78, 5) is 0. The Morgan fingerprint density at radius 3 is 2.68 bits per heavy atom. The van der Waals surface area contributed by atoms with E-state index in [0.717, 1.165) is 24.4 Å². The molecule has 0 radical (unpaired) electrons. The van der Waals surface area contributed by atoms with Gasteiger partial charge in [0.05, 0.1) is 17.8 Å². The van der Waals surface area contributed by atoms with Crippen molar-refractivity contribution in [3.05, 3.63) is 47.8 Å². The van der Waals surface area contributed by atoms with Crippen LogP contribution in [0, 0.1) is 0 Å². The number of rotatable bonds is 4. The molecule has 0 spiro atoms. The number of alkyl halides is 3. The van der Waals surface area contributed by atoms with Gasteiger partial charge in [0.1, 0.15) is 0 Å². The summed E-state index contributed by atoms with van der Waals surface area (Å²) in [5.74, 6) is 0. The van der Waals surface area contributed by atoms with Crippen molar-refractivity contribution in [1.29, 1.82) is 0 Å². The van der Waals surface area contributed by atoms with Crippen LogP contribution in [0.3, 0.4) is 0 Å². The van der Waals surface area contributed by atoms with Crippen molar-refractivity contribution < 1.29 is 13.2 Å². The third-order valence-electron chi connectivity index (χ3n) is 2.68. The minimum absolute atomic E-state index is 0.397. The first-order valence-electron chi connectivity index (χ1n) is 5.92. The Kier molecular flexibility index (Phi) is 3.78. The first-order chi connectivity index (χ1) is 8.99. The molecule has 1 heterocycles. The van der Waals surface area contributed by atoms with Gasteiger partial charge in [-0.15, -0.1) is 0 Å². The third-order valence-corrected chi connectivity index (χ3v) is 2.68. The van der Waals surface area contributed by atoms with Crippen molar-refractivity contribution in [2.45, 2.75) is 26.2 Å². The molecule has 1 aromatic carbocycles. The van der Waals surface area contributed by atoms with Crippen LogP contribution >= 0.6 is 0 Å². The summed E-state index contributed by atoms with van der Waals surface area (Å²) in [5.41, 5.74) is 0.566. The van der Waals surface area contributed by atoms with Crippen molar-refractivity contribution >= 4 is 5.69 Å². The second kappa shape index (κ2) is 5.34. The molecule has 0 amide bonds. The number of hydrogen-bond donors (Lipinski definition) is 1. The van der Waals surface area contributed by atoms with Crippen LogP contribution in [0.15, 0.2) is 36.5 Å². The van der Waals surface area contributed by atoms with E-state index in [4.69, 9.17) is 0 Å². The van der Waals surface area contributed by atoms with E-state index >= 15 is 0 Å². The molecule has 0 saturated carbocycles. The SMILES string of the molecule is CCn1ccc(CNc2cccc(C(F)(F)F)c2)n1. The molecule has 0 aliphatic heterocycles. The molecule has 1 aromatic heterocycles. The standard InChI is InChI=1S/C13H14F3N3/c1-2-19-7-6-12(18-19)9-17-11-5-3-4-10(8-11)13(14,15)16/h3-8,17H,2,9H2,1H3. The molecule has 102 valence electrons. The molecule has 0 aliphatic rings. The van der Waals surface area contributed by atoms with E-state index in [2.05, 4.69) is 10.4 Å². The fourth-order valence-corrected chi connectivity index (χ4v) is 1.67. The molecule has 0 unspecified atom stereocenters. The Bertz CT molecular complexity index is 546. The number of aromatic nitrogens is 2. The first-order valence-corrected chi connectivity index (χ1v) is 5.92. The van der Waals surface area contributed by atoms with Gasteiger partial charge >= 0.3 is 6.18 Å². The van der Waals surface area contributed by atoms with E-state index in [1.54, 1.807) is 10.7 Å². The van der Waals surface area contributed by atoms with Gasteiger partial charge in [0.15, 0.2) is 0 Å². The molecule has 0 saturated heterocycles. The number of aryl methyl sites for hydroxylation is 1. The zero-order valence-electron chi connectivity index (χ0n) is 10.4. The zero-order valence-corrected chi connectivity index (χ0v) is 10.4. The summed E-state index contributed by atoms with van der Waals surface area (Å²) in [6.07, 6.45) is -2.48. The van der Waals surface area contributed by atoms with E-state index in [1.807, 2.05) is 19.2 Å². The zero-order chi connectivity index (χ0) is 13.9. The van der Waals surface area contributed by atoms with Crippen LogP contribution in [-0.2, 0) is 19.3 Å². The lowest BCUT2D eigenvalue weighted by Gasteiger charge is -2.09. The second-order valence-electron chi connectivity index (χ2n) is 4.09. The number of nitrogens with zero attached hydrogens (tertiary/aromatic N) is 2. The summed E-state index contributed by atoms with van der Waals surface area (Å²) in [7, 11) is 0. The number of anilines is 1. The van der Waals surface area contributed by atoms with Crippen molar-refractivity contribution in [1.82, 2.24) is 9.78 Å². The fraction of sp³-hybridized carbons (Fsp3) is 0.308. The van der Waals surface area contributed by atoms with Gasteiger partial charge < -0.3 is 5.32 Å². The van der Waals surface area contributed by atoms with Gasteiger partial charge in [-0.2, -0.15) is 18.3 Å². The highest BCUT2D eigenvalue weighted by Gasteiger charge is 2.30. The van der Waals surface area contributed by atoms with Crippen LogP contribution in [-0.4, -0.2) is 9.78 Å². The summed E-state index contributed by atoms with van der Waals surface area (Å²) < 4.78 is 39.4. The summed E-state index contributed by atoms with van der Waals surface area (Å²) in [6, 6.07) is 6.97. The van der Waals surface area contributed by atoms with Crippen LogP contribution in [0.4, 0.5) is 18.9 Å². The molecular formula is C13H14F3N3. The van der Waals surface area contributed by atoms with Gasteiger partial charge in [-0.25, -0.2) is 0 Å². The van der Waals surface area contributed by atoms with Gasteiger partial charge in [0.25, 0.3) is 0 Å². The molecule has 0 aliphatic carbocycles. The number of benzene rings is 1. The molecule has 0 bridgehead atoms. The lowest BCUT2D eigenvalue weighted by molar-refractivity contribution is -0.137. The van der Waals surface area contributed by atoms with Crippen molar-refractivity contribution in [3.8, 4) is 0 Å². The maximum absolute atomic E-state index is 12.5. The summed E-state index contributed by atoms with van der Waals surface area (Å²) in [5, 5.41) is 7.18. The minimum atomic E-state index is -4.32. The Morgan fingerprint density at radius 1 is 1.26 bits per heavy atom. The quantitative estimate of drug-likeness (QED) is 0.920. The highest BCUT2D eigenvalue weighted by molar-refractivity contribution is 5.46. The third kappa shape index (κ3) is 3.49. The monoisotopic (exact) mass is 269 g/mol. The highest BCUT2D eigenvalue weighted by Crippen LogP contribution is 2.30. The molecule has 3 nitrogen and oxygen atoms in total. The average Bonchev–Trinajstić information content (AvgIpc) is 2.84. The van der Waals surface area contributed by atoms with E-state index in [9.17, 15) is 13.2 Å². The van der Waals surface area contributed by atoms with Crippen LogP contribution in [0.1, 0.15) is 18.2 Å². The largest absolute Gasteiger partial charge is 0.416 e. The molecular weight excluding hydrogens is 255 g/mol. The molecule has 6 heteroatoms. The normalized spacial score (nSPS) is 11.6. The molecule has 2 rings (SSSR count). The molecule has 0 fully saturated rings. The maximum Gasteiger partial charge on any atom is 0.416 e. The van der Waals surface area contributed by atoms with Crippen molar-refractivity contribution in [3.63, 3.8) is 0 Å². The lowest BCUT2D eigenvalue weighted by Crippen LogP contribution is -2.07. The number of halogens is 3.